The number of carbonyl (C=O) groups excluding carboxylic acids is 2. The molecule has 0 spiro atoms. The van der Waals surface area contributed by atoms with Crippen molar-refractivity contribution in [2.75, 3.05) is 19.0 Å². The lowest BCUT2D eigenvalue weighted by Crippen LogP contribution is -2.29. The number of carbonyl (C=O) groups is 2. The first-order valence-electron chi connectivity index (χ1n) is 5.31. The van der Waals surface area contributed by atoms with Gasteiger partial charge in [0.1, 0.15) is 4.88 Å². The summed E-state index contributed by atoms with van der Waals surface area (Å²) in [5.74, 6) is -0.436. The van der Waals surface area contributed by atoms with Crippen molar-refractivity contribution in [2.45, 2.75) is 20.3 Å². The van der Waals surface area contributed by atoms with Crippen molar-refractivity contribution in [3.05, 3.63) is 15.8 Å². The van der Waals surface area contributed by atoms with E-state index in [-0.39, 0.29) is 6.03 Å². The maximum absolute atomic E-state index is 11.5. The van der Waals surface area contributed by atoms with Gasteiger partial charge in [0.25, 0.3) is 0 Å². The van der Waals surface area contributed by atoms with Crippen molar-refractivity contribution >= 4 is 29.0 Å². The standard InChI is InChI=1S/C11H16N2O3S/c1-4-5-12-11(15)13-8-7(2)6-17-9(8)10(14)16-3/h6H,4-5H2,1-3H3,(H2,12,13,15). The lowest BCUT2D eigenvalue weighted by atomic mass is 10.2. The Hall–Kier alpha value is -1.56. The van der Waals surface area contributed by atoms with E-state index in [1.54, 1.807) is 0 Å². The van der Waals surface area contributed by atoms with Crippen LogP contribution in [-0.4, -0.2) is 25.7 Å². The predicted molar refractivity (Wildman–Crippen MR) is 67.7 cm³/mol. The van der Waals surface area contributed by atoms with Gasteiger partial charge in [-0.15, -0.1) is 11.3 Å². The fourth-order valence-corrected chi connectivity index (χ4v) is 2.16. The summed E-state index contributed by atoms with van der Waals surface area (Å²) in [6.07, 6.45) is 0.861. The molecular weight excluding hydrogens is 240 g/mol. The number of nitrogens with one attached hydrogen (secondary N) is 2. The van der Waals surface area contributed by atoms with Gasteiger partial charge in [0.2, 0.25) is 0 Å². The summed E-state index contributed by atoms with van der Waals surface area (Å²) in [7, 11) is 1.32. The van der Waals surface area contributed by atoms with Gasteiger partial charge in [-0.2, -0.15) is 0 Å². The molecular formula is C11H16N2O3S. The van der Waals surface area contributed by atoms with E-state index >= 15 is 0 Å². The third-order valence-corrected chi connectivity index (χ3v) is 3.20. The fraction of sp³-hybridized carbons (Fsp3) is 0.455. The van der Waals surface area contributed by atoms with E-state index in [4.69, 9.17) is 0 Å². The normalized spacial score (nSPS) is 9.82. The molecule has 0 bridgehead atoms. The second-order valence-corrected chi connectivity index (χ2v) is 4.37. The Balaban J connectivity index is 2.79. The lowest BCUT2D eigenvalue weighted by Gasteiger charge is -2.08. The van der Waals surface area contributed by atoms with Crippen LogP contribution >= 0.6 is 11.3 Å². The minimum atomic E-state index is -0.436. The first-order chi connectivity index (χ1) is 8.10. The van der Waals surface area contributed by atoms with Crippen LogP contribution in [-0.2, 0) is 4.74 Å². The van der Waals surface area contributed by atoms with Crippen LogP contribution in [0.2, 0.25) is 0 Å². The molecule has 0 unspecified atom stereocenters. The molecule has 0 fully saturated rings. The van der Waals surface area contributed by atoms with Gasteiger partial charge < -0.3 is 15.4 Å². The maximum Gasteiger partial charge on any atom is 0.350 e. The van der Waals surface area contributed by atoms with E-state index in [0.29, 0.717) is 17.1 Å². The number of esters is 1. The molecule has 0 saturated carbocycles. The highest BCUT2D eigenvalue weighted by atomic mass is 32.1. The van der Waals surface area contributed by atoms with E-state index < -0.39 is 5.97 Å². The van der Waals surface area contributed by atoms with Crippen LogP contribution in [0.4, 0.5) is 10.5 Å². The van der Waals surface area contributed by atoms with Crippen LogP contribution in [0.5, 0.6) is 0 Å². The van der Waals surface area contributed by atoms with Crippen molar-refractivity contribution < 1.29 is 14.3 Å². The minimum absolute atomic E-state index is 0.307. The molecule has 2 amide bonds. The Morgan fingerprint density at radius 3 is 2.76 bits per heavy atom. The number of hydrogen-bond acceptors (Lipinski definition) is 4. The van der Waals surface area contributed by atoms with Gasteiger partial charge in [-0.05, 0) is 24.3 Å². The first-order valence-corrected chi connectivity index (χ1v) is 6.19. The molecule has 0 aliphatic rings. The molecule has 0 saturated heterocycles. The molecule has 0 aliphatic heterocycles. The third kappa shape index (κ3) is 3.45. The molecule has 6 heteroatoms. The number of methoxy groups -OCH3 is 1. The van der Waals surface area contributed by atoms with Crippen molar-refractivity contribution in [2.24, 2.45) is 0 Å². The van der Waals surface area contributed by atoms with E-state index in [0.717, 1.165) is 12.0 Å². The topological polar surface area (TPSA) is 67.4 Å². The van der Waals surface area contributed by atoms with Crippen molar-refractivity contribution in [3.63, 3.8) is 0 Å². The molecule has 1 rings (SSSR count). The van der Waals surface area contributed by atoms with E-state index in [1.807, 2.05) is 19.2 Å². The second-order valence-electron chi connectivity index (χ2n) is 3.50. The Morgan fingerprint density at radius 2 is 2.18 bits per heavy atom. The molecule has 94 valence electrons. The number of hydrogen-bond donors (Lipinski definition) is 2. The molecule has 0 atom stereocenters. The highest BCUT2D eigenvalue weighted by Gasteiger charge is 2.18. The first kappa shape index (κ1) is 13.5. The summed E-state index contributed by atoms with van der Waals surface area (Å²) < 4.78 is 4.65. The summed E-state index contributed by atoms with van der Waals surface area (Å²) in [6.45, 7) is 4.40. The number of urea groups is 1. The van der Waals surface area contributed by atoms with Crippen LogP contribution in [0.25, 0.3) is 0 Å². The summed E-state index contributed by atoms with van der Waals surface area (Å²) in [5.41, 5.74) is 1.37. The number of amides is 2. The Bertz CT molecular complexity index is 415. The Morgan fingerprint density at radius 1 is 1.47 bits per heavy atom. The largest absolute Gasteiger partial charge is 0.465 e. The van der Waals surface area contributed by atoms with E-state index in [2.05, 4.69) is 15.4 Å². The molecule has 1 heterocycles. The number of aryl methyl sites for hydroxylation is 1. The third-order valence-electron chi connectivity index (χ3n) is 2.12. The van der Waals surface area contributed by atoms with E-state index in [9.17, 15) is 9.59 Å². The van der Waals surface area contributed by atoms with Crippen LogP contribution in [0.3, 0.4) is 0 Å². The fourth-order valence-electron chi connectivity index (χ4n) is 1.24. The summed E-state index contributed by atoms with van der Waals surface area (Å²) in [4.78, 5) is 23.4. The lowest BCUT2D eigenvalue weighted by molar-refractivity contribution is 0.0607. The SMILES string of the molecule is CCCNC(=O)Nc1c(C)csc1C(=O)OC. The smallest absolute Gasteiger partial charge is 0.350 e. The van der Waals surface area contributed by atoms with Gasteiger partial charge in [-0.3, -0.25) is 0 Å². The summed E-state index contributed by atoms with van der Waals surface area (Å²) in [5, 5.41) is 7.16. The van der Waals surface area contributed by atoms with Crippen LogP contribution in [0, 0.1) is 6.92 Å². The average Bonchev–Trinajstić information content (AvgIpc) is 2.67. The van der Waals surface area contributed by atoms with Crippen molar-refractivity contribution in [1.82, 2.24) is 5.32 Å². The summed E-state index contributed by atoms with van der Waals surface area (Å²) >= 11 is 1.26. The van der Waals surface area contributed by atoms with Crippen molar-refractivity contribution in [1.29, 1.82) is 0 Å². The van der Waals surface area contributed by atoms with Crippen LogP contribution < -0.4 is 10.6 Å². The van der Waals surface area contributed by atoms with Gasteiger partial charge in [0.05, 0.1) is 12.8 Å². The zero-order valence-corrected chi connectivity index (χ0v) is 10.9. The average molecular weight is 256 g/mol. The number of anilines is 1. The number of ether oxygens (including phenoxy) is 1. The van der Waals surface area contributed by atoms with Crippen LogP contribution in [0.15, 0.2) is 5.38 Å². The van der Waals surface area contributed by atoms with Gasteiger partial charge >= 0.3 is 12.0 Å². The van der Waals surface area contributed by atoms with Gasteiger partial charge in [-0.25, -0.2) is 9.59 Å². The molecule has 5 nitrogen and oxygen atoms in total. The Labute approximate surface area is 104 Å². The van der Waals surface area contributed by atoms with Gasteiger partial charge in [0, 0.05) is 6.54 Å². The van der Waals surface area contributed by atoms with Gasteiger partial charge in [-0.1, -0.05) is 6.92 Å². The van der Waals surface area contributed by atoms with E-state index in [1.165, 1.54) is 18.4 Å². The number of thiophene rings is 1. The van der Waals surface area contributed by atoms with Crippen molar-refractivity contribution in [3.8, 4) is 0 Å². The minimum Gasteiger partial charge on any atom is -0.465 e. The molecule has 2 N–H and O–H groups in total. The molecule has 1 aromatic rings. The molecule has 1 aromatic heterocycles. The molecule has 0 aliphatic carbocycles. The predicted octanol–water partition coefficient (Wildman–Crippen LogP) is 2.37. The number of rotatable bonds is 4. The maximum atomic E-state index is 11.5. The molecule has 17 heavy (non-hydrogen) atoms. The zero-order valence-electron chi connectivity index (χ0n) is 10.1. The summed E-state index contributed by atoms with van der Waals surface area (Å²) in [6, 6.07) is -0.307. The monoisotopic (exact) mass is 256 g/mol. The van der Waals surface area contributed by atoms with Crippen LogP contribution in [0.1, 0.15) is 28.6 Å². The highest BCUT2D eigenvalue weighted by Crippen LogP contribution is 2.28. The molecule has 0 aromatic carbocycles. The quantitative estimate of drug-likeness (QED) is 0.813. The Kier molecular flexibility index (Phi) is 4.96. The van der Waals surface area contributed by atoms with Gasteiger partial charge in [0.15, 0.2) is 0 Å². The molecule has 0 radical (unpaired) electrons. The highest BCUT2D eigenvalue weighted by molar-refractivity contribution is 7.12. The zero-order chi connectivity index (χ0) is 12.8. The second kappa shape index (κ2) is 6.24.